The van der Waals surface area contributed by atoms with E-state index in [0.29, 0.717) is 12.0 Å². The Bertz CT molecular complexity index is 562. The number of nitrogens with one attached hydrogen (secondary N) is 2. The minimum atomic E-state index is -0.00121. The number of likely N-dealkylation sites (tertiary alicyclic amines) is 1. The molecular weight excluding hydrogens is 457 g/mol. The second-order valence-electron chi connectivity index (χ2n) is 6.81. The highest BCUT2D eigenvalue weighted by Crippen LogP contribution is 2.15. The van der Waals surface area contributed by atoms with Crippen molar-refractivity contribution in [2.45, 2.75) is 38.8 Å². The van der Waals surface area contributed by atoms with Crippen molar-refractivity contribution < 1.29 is 4.79 Å². The van der Waals surface area contributed by atoms with Gasteiger partial charge >= 0.3 is 0 Å². The lowest BCUT2D eigenvalue weighted by molar-refractivity contribution is -0.127. The van der Waals surface area contributed by atoms with Gasteiger partial charge in [-0.05, 0) is 38.4 Å². The van der Waals surface area contributed by atoms with Gasteiger partial charge in [-0.2, -0.15) is 5.10 Å². The Hall–Kier alpha value is -1.36. The summed E-state index contributed by atoms with van der Waals surface area (Å²) < 4.78 is 1.92. The molecule has 2 heterocycles. The van der Waals surface area contributed by atoms with Gasteiger partial charge in [-0.3, -0.25) is 14.4 Å². The van der Waals surface area contributed by atoms with Crippen molar-refractivity contribution in [2.24, 2.45) is 4.99 Å². The summed E-state index contributed by atoms with van der Waals surface area (Å²) in [4.78, 5) is 20.3. The van der Waals surface area contributed by atoms with E-state index in [-0.39, 0.29) is 36.4 Å². The van der Waals surface area contributed by atoms with Gasteiger partial charge in [0.25, 0.3) is 0 Å². The molecule has 0 aliphatic carbocycles. The monoisotopic (exact) mass is 491 g/mol. The quantitative estimate of drug-likeness (QED) is 0.233. The summed E-state index contributed by atoms with van der Waals surface area (Å²) in [5, 5.41) is 11.0. The summed E-state index contributed by atoms with van der Waals surface area (Å²) in [5.74, 6) is 0.710. The van der Waals surface area contributed by atoms with Crippen LogP contribution in [0.3, 0.4) is 0 Å². The number of carbonyl (C=O) groups is 1. The van der Waals surface area contributed by atoms with Gasteiger partial charge < -0.3 is 15.5 Å². The molecule has 1 aromatic heterocycles. The van der Waals surface area contributed by atoms with Gasteiger partial charge in [0.2, 0.25) is 5.91 Å². The molecule has 1 aliphatic heterocycles. The van der Waals surface area contributed by atoms with Gasteiger partial charge in [0.05, 0.1) is 0 Å². The highest BCUT2D eigenvalue weighted by Gasteiger charge is 2.22. The third-order valence-corrected chi connectivity index (χ3v) is 4.70. The zero-order valence-corrected chi connectivity index (χ0v) is 19.1. The number of aliphatic imine (C=N–C) groups is 1. The highest BCUT2D eigenvalue weighted by molar-refractivity contribution is 14.0. The van der Waals surface area contributed by atoms with Crippen LogP contribution in [0.2, 0.25) is 0 Å². The van der Waals surface area contributed by atoms with E-state index in [1.54, 1.807) is 25.2 Å². The van der Waals surface area contributed by atoms with Crippen molar-refractivity contribution in [1.29, 1.82) is 0 Å². The Morgan fingerprint density at radius 2 is 2.19 bits per heavy atom. The first-order chi connectivity index (χ1) is 12.6. The Labute approximate surface area is 179 Å². The van der Waals surface area contributed by atoms with Crippen LogP contribution in [-0.2, 0) is 11.3 Å². The summed E-state index contributed by atoms with van der Waals surface area (Å²) in [7, 11) is 3.50. The molecule has 0 spiro atoms. The van der Waals surface area contributed by atoms with Crippen LogP contribution in [0.25, 0.3) is 0 Å². The predicted octanol–water partition coefficient (Wildman–Crippen LogP) is 0.999. The number of amides is 1. The SMILES string of the molecule is CCN1CCCC1CNC(=NCC(=O)N(C)C)NCCCn1cccn1.I. The van der Waals surface area contributed by atoms with Crippen molar-refractivity contribution in [3.63, 3.8) is 0 Å². The standard InChI is InChI=1S/C18H33N7O.HI/c1-4-24-11-5-8-16(24)14-20-18(21-15-17(26)23(2)3)19-9-6-12-25-13-7-10-22-25;/h7,10,13,16H,4-6,8-9,11-12,14-15H2,1-3H3,(H2,19,20,21);1H. The van der Waals surface area contributed by atoms with Gasteiger partial charge in [0, 0.05) is 52.2 Å². The molecule has 2 rings (SSSR count). The normalized spacial score (nSPS) is 17.4. The van der Waals surface area contributed by atoms with Crippen molar-refractivity contribution in [3.05, 3.63) is 18.5 Å². The number of carbonyl (C=O) groups excluding carboxylic acids is 1. The van der Waals surface area contributed by atoms with E-state index in [9.17, 15) is 4.79 Å². The molecule has 8 nitrogen and oxygen atoms in total. The molecule has 1 aliphatic rings. The van der Waals surface area contributed by atoms with Crippen molar-refractivity contribution in [2.75, 3.05) is 46.8 Å². The third-order valence-electron chi connectivity index (χ3n) is 4.70. The second kappa shape index (κ2) is 12.9. The number of aromatic nitrogens is 2. The average molecular weight is 491 g/mol. The molecule has 2 N–H and O–H groups in total. The first-order valence-corrected chi connectivity index (χ1v) is 9.54. The smallest absolute Gasteiger partial charge is 0.243 e. The van der Waals surface area contributed by atoms with Crippen LogP contribution in [0.5, 0.6) is 0 Å². The molecule has 9 heteroatoms. The topological polar surface area (TPSA) is 77.8 Å². The van der Waals surface area contributed by atoms with Crippen molar-refractivity contribution >= 4 is 35.8 Å². The molecule has 1 fully saturated rings. The molecule has 1 unspecified atom stereocenters. The lowest BCUT2D eigenvalue weighted by Crippen LogP contribution is -2.45. The van der Waals surface area contributed by atoms with Crippen LogP contribution in [0.4, 0.5) is 0 Å². The number of hydrogen-bond acceptors (Lipinski definition) is 4. The molecule has 0 saturated carbocycles. The highest BCUT2D eigenvalue weighted by atomic mass is 127. The van der Waals surface area contributed by atoms with Gasteiger partial charge in [-0.25, -0.2) is 4.99 Å². The maximum atomic E-state index is 11.8. The van der Waals surface area contributed by atoms with E-state index < -0.39 is 0 Å². The minimum Gasteiger partial charge on any atom is -0.356 e. The maximum absolute atomic E-state index is 11.8. The number of hydrogen-bond donors (Lipinski definition) is 2. The van der Waals surface area contributed by atoms with Gasteiger partial charge in [0.1, 0.15) is 6.54 Å². The van der Waals surface area contributed by atoms with E-state index in [2.05, 4.69) is 32.5 Å². The van der Waals surface area contributed by atoms with Crippen LogP contribution < -0.4 is 10.6 Å². The fourth-order valence-electron chi connectivity index (χ4n) is 3.10. The first-order valence-electron chi connectivity index (χ1n) is 9.54. The third kappa shape index (κ3) is 8.46. The molecule has 154 valence electrons. The van der Waals surface area contributed by atoms with Crippen molar-refractivity contribution in [1.82, 2.24) is 30.2 Å². The van der Waals surface area contributed by atoms with E-state index >= 15 is 0 Å². The maximum Gasteiger partial charge on any atom is 0.243 e. The lowest BCUT2D eigenvalue weighted by Gasteiger charge is -2.24. The fraction of sp³-hybridized carbons (Fsp3) is 0.722. The minimum absolute atomic E-state index is 0. The summed E-state index contributed by atoms with van der Waals surface area (Å²) in [6, 6.07) is 2.47. The molecule has 0 aromatic carbocycles. The number of aryl methyl sites for hydroxylation is 1. The number of nitrogens with zero attached hydrogens (tertiary/aromatic N) is 5. The van der Waals surface area contributed by atoms with E-state index in [4.69, 9.17) is 0 Å². The zero-order chi connectivity index (χ0) is 18.8. The molecule has 1 amide bonds. The number of likely N-dealkylation sites (N-methyl/N-ethyl adjacent to an activating group) is 2. The average Bonchev–Trinajstić information content (AvgIpc) is 3.31. The van der Waals surface area contributed by atoms with Crippen LogP contribution in [0.15, 0.2) is 23.5 Å². The van der Waals surface area contributed by atoms with Gasteiger partial charge in [0.15, 0.2) is 5.96 Å². The Morgan fingerprint density at radius 1 is 1.37 bits per heavy atom. The number of halogens is 1. The molecule has 0 bridgehead atoms. The Morgan fingerprint density at radius 3 is 2.85 bits per heavy atom. The van der Waals surface area contributed by atoms with Crippen LogP contribution in [0.1, 0.15) is 26.2 Å². The second-order valence-corrected chi connectivity index (χ2v) is 6.81. The molecule has 0 radical (unpaired) electrons. The summed E-state index contributed by atoms with van der Waals surface area (Å²) in [5.41, 5.74) is 0. The molecule has 1 saturated heterocycles. The molecule has 27 heavy (non-hydrogen) atoms. The van der Waals surface area contributed by atoms with E-state index in [1.165, 1.54) is 19.4 Å². The molecule has 1 atom stereocenters. The van der Waals surface area contributed by atoms with Crippen molar-refractivity contribution in [3.8, 4) is 0 Å². The largest absolute Gasteiger partial charge is 0.356 e. The summed E-state index contributed by atoms with van der Waals surface area (Å²) in [6.07, 6.45) is 7.15. The van der Waals surface area contributed by atoms with E-state index in [0.717, 1.165) is 32.6 Å². The fourth-order valence-corrected chi connectivity index (χ4v) is 3.10. The predicted molar refractivity (Wildman–Crippen MR) is 120 cm³/mol. The first kappa shape index (κ1) is 23.7. The van der Waals surface area contributed by atoms with Gasteiger partial charge in [-0.1, -0.05) is 6.92 Å². The lowest BCUT2D eigenvalue weighted by atomic mass is 10.2. The Kier molecular flexibility index (Phi) is 11.3. The molecule has 1 aromatic rings. The number of guanidine groups is 1. The summed E-state index contributed by atoms with van der Waals surface area (Å²) in [6.45, 7) is 7.11. The number of rotatable bonds is 9. The zero-order valence-electron chi connectivity index (χ0n) is 16.7. The Balaban J connectivity index is 0.00000364. The van der Waals surface area contributed by atoms with Crippen LogP contribution in [-0.4, -0.2) is 84.3 Å². The molecular formula is C18H34IN7O. The van der Waals surface area contributed by atoms with E-state index in [1.807, 2.05) is 16.9 Å². The van der Waals surface area contributed by atoms with Crippen LogP contribution >= 0.6 is 24.0 Å². The summed E-state index contributed by atoms with van der Waals surface area (Å²) >= 11 is 0. The van der Waals surface area contributed by atoms with Crippen LogP contribution in [0, 0.1) is 0 Å². The van der Waals surface area contributed by atoms with Gasteiger partial charge in [-0.15, -0.1) is 24.0 Å².